The van der Waals surface area contributed by atoms with Gasteiger partial charge in [0.15, 0.2) is 0 Å². The fourth-order valence-electron chi connectivity index (χ4n) is 6.70. The van der Waals surface area contributed by atoms with E-state index in [1.807, 2.05) is 0 Å². The Bertz CT molecular complexity index is 1060. The van der Waals surface area contributed by atoms with E-state index in [4.69, 9.17) is 0 Å². The zero-order valence-electron chi connectivity index (χ0n) is 19.6. The molecule has 1 heterocycles. The molecule has 5 rings (SSSR count). The Morgan fingerprint density at radius 3 is 2.13 bits per heavy atom. The predicted octanol–water partition coefficient (Wildman–Crippen LogP) is 7.28. The fourth-order valence-corrected chi connectivity index (χ4v) is 6.70. The maximum atomic E-state index is 2.50. The van der Waals surface area contributed by atoms with Gasteiger partial charge >= 0.3 is 0 Å². The Morgan fingerprint density at radius 1 is 0.806 bits per heavy atom. The summed E-state index contributed by atoms with van der Waals surface area (Å²) in [5, 5.41) is 0. The third kappa shape index (κ3) is 3.13. The van der Waals surface area contributed by atoms with Crippen molar-refractivity contribution in [2.45, 2.75) is 56.8 Å². The summed E-state index contributed by atoms with van der Waals surface area (Å²) in [6, 6.07) is 30.0. The molecule has 2 aliphatic rings. The van der Waals surface area contributed by atoms with Crippen molar-refractivity contribution < 1.29 is 0 Å². The fraction of sp³-hybridized carbons (Fsp3) is 0.400. The van der Waals surface area contributed by atoms with Crippen LogP contribution in [0.3, 0.4) is 0 Å². The summed E-state index contributed by atoms with van der Waals surface area (Å²) in [4.78, 5) is 2.50. The molecule has 3 aromatic rings. The van der Waals surface area contributed by atoms with Gasteiger partial charge in [-0.1, -0.05) is 100 Å². The number of fused-ring (bicyclic) bond motifs is 2. The van der Waals surface area contributed by atoms with Crippen molar-refractivity contribution in [3.05, 3.63) is 101 Å². The topological polar surface area (TPSA) is 3.24 Å². The van der Waals surface area contributed by atoms with Crippen LogP contribution in [-0.4, -0.2) is 13.6 Å². The van der Waals surface area contributed by atoms with Crippen molar-refractivity contribution in [2.75, 3.05) is 18.5 Å². The minimum atomic E-state index is 0.107. The van der Waals surface area contributed by atoms with E-state index < -0.39 is 0 Å². The van der Waals surface area contributed by atoms with Crippen molar-refractivity contribution in [1.82, 2.24) is 0 Å². The van der Waals surface area contributed by atoms with Crippen LogP contribution in [0.2, 0.25) is 0 Å². The van der Waals surface area contributed by atoms with Crippen molar-refractivity contribution in [3.63, 3.8) is 0 Å². The first-order chi connectivity index (χ1) is 14.8. The van der Waals surface area contributed by atoms with Crippen molar-refractivity contribution >= 4 is 5.69 Å². The maximum absolute atomic E-state index is 2.50. The third-order valence-electron chi connectivity index (χ3n) is 8.01. The van der Waals surface area contributed by atoms with Gasteiger partial charge in [-0.15, -0.1) is 0 Å². The predicted molar refractivity (Wildman–Crippen MR) is 132 cm³/mol. The number of rotatable bonds is 2. The molecule has 0 amide bonds. The van der Waals surface area contributed by atoms with Gasteiger partial charge in [-0.3, -0.25) is 0 Å². The molecular formula is C30H35N. The highest BCUT2D eigenvalue weighted by Crippen LogP contribution is 2.64. The van der Waals surface area contributed by atoms with Crippen LogP contribution in [0.25, 0.3) is 0 Å². The summed E-state index contributed by atoms with van der Waals surface area (Å²) < 4.78 is 0. The second-order valence-electron chi connectivity index (χ2n) is 10.9. The zero-order chi connectivity index (χ0) is 21.8. The lowest BCUT2D eigenvalue weighted by atomic mass is 9.63. The van der Waals surface area contributed by atoms with Crippen LogP contribution in [0.15, 0.2) is 78.9 Å². The highest BCUT2D eigenvalue weighted by Gasteiger charge is 2.59. The summed E-state index contributed by atoms with van der Waals surface area (Å²) in [6.45, 7) is 10.5. The Labute approximate surface area is 188 Å². The molecule has 1 spiro atoms. The molecule has 1 nitrogen and oxygen atoms in total. The number of anilines is 1. The molecule has 1 saturated carbocycles. The molecule has 160 valence electrons. The summed E-state index contributed by atoms with van der Waals surface area (Å²) in [5.41, 5.74) is 7.66. The van der Waals surface area contributed by atoms with Crippen LogP contribution < -0.4 is 4.90 Å². The van der Waals surface area contributed by atoms with Crippen LogP contribution in [0.4, 0.5) is 5.69 Å². The number of likely N-dealkylation sites (N-methyl/N-ethyl adjacent to an activating group) is 1. The molecule has 1 aliphatic carbocycles. The van der Waals surface area contributed by atoms with Crippen LogP contribution in [0.1, 0.15) is 68.2 Å². The molecule has 31 heavy (non-hydrogen) atoms. The van der Waals surface area contributed by atoms with E-state index in [0.717, 1.165) is 6.54 Å². The van der Waals surface area contributed by atoms with Gasteiger partial charge in [-0.25, -0.2) is 0 Å². The average Bonchev–Trinajstić information content (AvgIpc) is 3.22. The zero-order valence-corrected chi connectivity index (χ0v) is 19.6. The Morgan fingerprint density at radius 2 is 1.45 bits per heavy atom. The van der Waals surface area contributed by atoms with Crippen LogP contribution >= 0.6 is 0 Å². The highest BCUT2D eigenvalue weighted by atomic mass is 15.1. The first-order valence-electron chi connectivity index (χ1n) is 11.8. The molecule has 1 fully saturated rings. The average molecular weight is 410 g/mol. The van der Waals surface area contributed by atoms with E-state index in [2.05, 4.69) is 119 Å². The van der Waals surface area contributed by atoms with Crippen molar-refractivity contribution in [3.8, 4) is 0 Å². The minimum absolute atomic E-state index is 0.107. The van der Waals surface area contributed by atoms with Crippen molar-refractivity contribution in [1.29, 1.82) is 0 Å². The Kier molecular flexibility index (Phi) is 4.77. The standard InChI is InChI=1S/C30H35N/c1-21-19-26(22-11-7-6-8-12-22)30(20-31(5)27-14-10-9-13-25(27)30)28(21)23-15-17-24(18-16-23)29(2,3)4/h6-18,21,26,28H,19-20H2,1-5H3. The van der Waals surface area contributed by atoms with Gasteiger partial charge in [0.1, 0.15) is 0 Å². The SMILES string of the molecule is CC1CC(c2ccccc2)C2(CN(C)c3ccccc32)C1c1ccc(C(C)(C)C)cc1. The summed E-state index contributed by atoms with van der Waals surface area (Å²) in [5.74, 6) is 1.67. The smallest absolute Gasteiger partial charge is 0.0403 e. The molecule has 0 radical (unpaired) electrons. The van der Waals surface area contributed by atoms with Gasteiger partial charge in [-0.2, -0.15) is 0 Å². The number of para-hydroxylation sites is 1. The summed E-state index contributed by atoms with van der Waals surface area (Å²) in [6.07, 6.45) is 1.23. The van der Waals surface area contributed by atoms with Gasteiger partial charge < -0.3 is 4.90 Å². The molecule has 0 saturated heterocycles. The number of nitrogens with zero attached hydrogens (tertiary/aromatic N) is 1. The molecule has 4 atom stereocenters. The molecule has 3 aromatic carbocycles. The quantitative estimate of drug-likeness (QED) is 0.430. The first-order valence-corrected chi connectivity index (χ1v) is 11.8. The third-order valence-corrected chi connectivity index (χ3v) is 8.01. The Balaban J connectivity index is 1.69. The largest absolute Gasteiger partial charge is 0.373 e. The molecule has 4 unspecified atom stereocenters. The van der Waals surface area contributed by atoms with Crippen LogP contribution in [0, 0.1) is 5.92 Å². The second-order valence-corrected chi connectivity index (χ2v) is 10.9. The molecular weight excluding hydrogens is 374 g/mol. The lowest BCUT2D eigenvalue weighted by Crippen LogP contribution is -2.39. The Hall–Kier alpha value is -2.54. The summed E-state index contributed by atoms with van der Waals surface area (Å²) >= 11 is 0. The number of hydrogen-bond donors (Lipinski definition) is 0. The van der Waals surface area contributed by atoms with E-state index in [1.54, 1.807) is 5.56 Å². The lowest BCUT2D eigenvalue weighted by molar-refractivity contribution is 0.356. The van der Waals surface area contributed by atoms with E-state index in [-0.39, 0.29) is 10.8 Å². The van der Waals surface area contributed by atoms with E-state index in [1.165, 1.54) is 28.8 Å². The monoisotopic (exact) mass is 409 g/mol. The van der Waals surface area contributed by atoms with Crippen LogP contribution in [-0.2, 0) is 10.8 Å². The van der Waals surface area contributed by atoms with Gasteiger partial charge in [0.25, 0.3) is 0 Å². The minimum Gasteiger partial charge on any atom is -0.373 e. The summed E-state index contributed by atoms with van der Waals surface area (Å²) in [7, 11) is 2.28. The molecule has 0 aromatic heterocycles. The molecule has 1 heteroatoms. The second kappa shape index (κ2) is 7.26. The number of hydrogen-bond acceptors (Lipinski definition) is 1. The van der Waals surface area contributed by atoms with Gasteiger partial charge in [0.2, 0.25) is 0 Å². The van der Waals surface area contributed by atoms with Gasteiger partial charge in [0, 0.05) is 24.7 Å². The van der Waals surface area contributed by atoms with E-state index in [9.17, 15) is 0 Å². The molecule has 0 N–H and O–H groups in total. The first kappa shape index (κ1) is 20.4. The van der Waals surface area contributed by atoms with Crippen molar-refractivity contribution in [2.24, 2.45) is 5.92 Å². The number of benzene rings is 3. The van der Waals surface area contributed by atoms with Gasteiger partial charge in [-0.05, 0) is 57.9 Å². The normalized spacial score (nSPS) is 27.6. The lowest BCUT2D eigenvalue weighted by Gasteiger charge is -2.39. The highest BCUT2D eigenvalue weighted by molar-refractivity contribution is 5.66. The van der Waals surface area contributed by atoms with Gasteiger partial charge in [0.05, 0.1) is 0 Å². The maximum Gasteiger partial charge on any atom is 0.0403 e. The molecule has 0 bridgehead atoms. The van der Waals surface area contributed by atoms with E-state index >= 15 is 0 Å². The van der Waals surface area contributed by atoms with Crippen LogP contribution in [0.5, 0.6) is 0 Å². The molecule has 1 aliphatic heterocycles. The van der Waals surface area contributed by atoms with E-state index in [0.29, 0.717) is 17.8 Å².